The Morgan fingerprint density at radius 1 is 1.35 bits per heavy atom. The van der Waals surface area contributed by atoms with Crippen LogP contribution in [-0.2, 0) is 0 Å². The van der Waals surface area contributed by atoms with Gasteiger partial charge >= 0.3 is 5.97 Å². The molecule has 1 aromatic carbocycles. The Morgan fingerprint density at radius 2 is 2.09 bits per heavy atom. The van der Waals surface area contributed by atoms with Gasteiger partial charge in [0.25, 0.3) is 0 Å². The van der Waals surface area contributed by atoms with E-state index in [2.05, 4.69) is 15.3 Å². The summed E-state index contributed by atoms with van der Waals surface area (Å²) in [5, 5.41) is 12.3. The average Bonchev–Trinajstić information content (AvgIpc) is 2.49. The van der Waals surface area contributed by atoms with Crippen molar-refractivity contribution in [2.75, 3.05) is 32.5 Å². The van der Waals surface area contributed by atoms with Crippen LogP contribution in [0.25, 0.3) is 0 Å². The molecule has 23 heavy (non-hydrogen) atoms. The average molecular weight is 316 g/mol. The molecule has 0 saturated carbocycles. The third kappa shape index (κ3) is 4.65. The summed E-state index contributed by atoms with van der Waals surface area (Å²) in [6, 6.07) is 7.35. The number of rotatable bonds is 7. The van der Waals surface area contributed by atoms with Crippen molar-refractivity contribution in [1.82, 2.24) is 14.9 Å². The van der Waals surface area contributed by atoms with Crippen LogP contribution in [0.4, 0.5) is 5.95 Å². The summed E-state index contributed by atoms with van der Waals surface area (Å²) >= 11 is 0. The zero-order valence-corrected chi connectivity index (χ0v) is 13.4. The van der Waals surface area contributed by atoms with Crippen LogP contribution in [0, 0.1) is 6.92 Å². The Bertz CT molecular complexity index is 689. The van der Waals surface area contributed by atoms with Gasteiger partial charge in [0.15, 0.2) is 0 Å². The van der Waals surface area contributed by atoms with Gasteiger partial charge in [0.1, 0.15) is 11.3 Å². The first-order valence-electron chi connectivity index (χ1n) is 7.20. The lowest BCUT2D eigenvalue weighted by Gasteiger charge is -2.13. The van der Waals surface area contributed by atoms with E-state index in [0.717, 1.165) is 12.1 Å². The number of ether oxygens (including phenoxy) is 1. The van der Waals surface area contributed by atoms with Crippen LogP contribution in [0.5, 0.6) is 11.6 Å². The van der Waals surface area contributed by atoms with Gasteiger partial charge in [0, 0.05) is 13.1 Å². The van der Waals surface area contributed by atoms with E-state index >= 15 is 0 Å². The summed E-state index contributed by atoms with van der Waals surface area (Å²) in [6.45, 7) is 3.33. The fraction of sp³-hybridized carbons (Fsp3) is 0.312. The highest BCUT2D eigenvalue weighted by Crippen LogP contribution is 2.26. The van der Waals surface area contributed by atoms with Crippen molar-refractivity contribution < 1.29 is 14.6 Å². The van der Waals surface area contributed by atoms with Crippen LogP contribution >= 0.6 is 0 Å². The standard InChI is InChI=1S/C16H20N4O3/c1-11-6-4-5-7-13(11)23-14-12(15(21)22)10-18-16(19-14)17-8-9-20(2)3/h4-7,10H,8-9H2,1-3H3,(H,21,22)(H,17,18,19). The highest BCUT2D eigenvalue weighted by Gasteiger charge is 2.16. The molecule has 0 radical (unpaired) electrons. The number of hydrogen-bond acceptors (Lipinski definition) is 6. The summed E-state index contributed by atoms with van der Waals surface area (Å²) in [7, 11) is 3.92. The lowest BCUT2D eigenvalue weighted by Crippen LogP contribution is -2.21. The van der Waals surface area contributed by atoms with Crippen LogP contribution in [0.2, 0.25) is 0 Å². The predicted octanol–water partition coefficient (Wildman–Crippen LogP) is 2.25. The molecule has 0 aliphatic rings. The Morgan fingerprint density at radius 3 is 2.74 bits per heavy atom. The largest absolute Gasteiger partial charge is 0.477 e. The first-order chi connectivity index (χ1) is 11.0. The minimum atomic E-state index is -1.13. The van der Waals surface area contributed by atoms with E-state index in [1.54, 1.807) is 6.07 Å². The molecular weight excluding hydrogens is 296 g/mol. The van der Waals surface area contributed by atoms with E-state index in [4.69, 9.17) is 4.74 Å². The molecule has 122 valence electrons. The van der Waals surface area contributed by atoms with Crippen molar-refractivity contribution in [3.05, 3.63) is 41.6 Å². The van der Waals surface area contributed by atoms with E-state index < -0.39 is 5.97 Å². The fourth-order valence-corrected chi connectivity index (χ4v) is 1.84. The van der Waals surface area contributed by atoms with Gasteiger partial charge in [-0.2, -0.15) is 4.98 Å². The Labute approximate surface area is 134 Å². The fourth-order valence-electron chi connectivity index (χ4n) is 1.84. The molecule has 0 amide bonds. The summed E-state index contributed by atoms with van der Waals surface area (Å²) in [5.41, 5.74) is 0.816. The predicted molar refractivity (Wildman–Crippen MR) is 87.3 cm³/mol. The van der Waals surface area contributed by atoms with E-state index in [1.807, 2.05) is 44.1 Å². The van der Waals surface area contributed by atoms with Crippen LogP contribution < -0.4 is 10.1 Å². The van der Waals surface area contributed by atoms with E-state index in [-0.39, 0.29) is 11.4 Å². The Hall–Kier alpha value is -2.67. The SMILES string of the molecule is Cc1ccccc1Oc1nc(NCCN(C)C)ncc1C(=O)O. The minimum Gasteiger partial charge on any atom is -0.477 e. The number of para-hydroxylation sites is 1. The molecule has 0 aliphatic heterocycles. The number of anilines is 1. The molecule has 2 N–H and O–H groups in total. The molecular formula is C16H20N4O3. The highest BCUT2D eigenvalue weighted by atomic mass is 16.5. The van der Waals surface area contributed by atoms with Gasteiger partial charge in [-0.25, -0.2) is 9.78 Å². The van der Waals surface area contributed by atoms with Crippen molar-refractivity contribution in [1.29, 1.82) is 0 Å². The third-order valence-electron chi connectivity index (χ3n) is 3.13. The quantitative estimate of drug-likeness (QED) is 0.810. The number of aromatic nitrogens is 2. The zero-order chi connectivity index (χ0) is 16.8. The third-order valence-corrected chi connectivity index (χ3v) is 3.13. The summed E-state index contributed by atoms with van der Waals surface area (Å²) < 4.78 is 5.69. The molecule has 1 aromatic heterocycles. The minimum absolute atomic E-state index is 0.0224. The second-order valence-corrected chi connectivity index (χ2v) is 5.32. The van der Waals surface area contributed by atoms with Gasteiger partial charge in [0.05, 0.1) is 6.20 Å². The number of carboxylic acids is 1. The van der Waals surface area contributed by atoms with Crippen molar-refractivity contribution in [2.24, 2.45) is 0 Å². The van der Waals surface area contributed by atoms with Crippen LogP contribution in [0.1, 0.15) is 15.9 Å². The maximum absolute atomic E-state index is 11.3. The first-order valence-corrected chi connectivity index (χ1v) is 7.20. The van der Waals surface area contributed by atoms with E-state index in [9.17, 15) is 9.90 Å². The molecule has 0 atom stereocenters. The summed E-state index contributed by atoms with van der Waals surface area (Å²) in [5.74, 6) is -0.212. The topological polar surface area (TPSA) is 87.6 Å². The van der Waals surface area contributed by atoms with E-state index in [1.165, 1.54) is 6.20 Å². The van der Waals surface area contributed by atoms with Crippen molar-refractivity contribution in [3.8, 4) is 11.6 Å². The number of nitrogens with zero attached hydrogens (tertiary/aromatic N) is 3. The lowest BCUT2D eigenvalue weighted by atomic mass is 10.2. The number of aryl methyl sites for hydroxylation is 1. The Kier molecular flexibility index (Phi) is 5.48. The maximum atomic E-state index is 11.3. The van der Waals surface area contributed by atoms with Gasteiger partial charge in [-0.3, -0.25) is 0 Å². The number of carboxylic acid groups (broad SMARTS) is 1. The summed E-state index contributed by atoms with van der Waals surface area (Å²) in [4.78, 5) is 21.5. The second kappa shape index (κ2) is 7.55. The van der Waals surface area contributed by atoms with Gasteiger partial charge in [0.2, 0.25) is 11.8 Å². The number of hydrogen-bond donors (Lipinski definition) is 2. The number of carbonyl (C=O) groups is 1. The monoisotopic (exact) mass is 316 g/mol. The molecule has 7 nitrogen and oxygen atoms in total. The molecule has 0 unspecified atom stereocenters. The second-order valence-electron chi connectivity index (χ2n) is 5.32. The zero-order valence-electron chi connectivity index (χ0n) is 13.4. The first kappa shape index (κ1) is 16.7. The number of aromatic carboxylic acids is 1. The van der Waals surface area contributed by atoms with Gasteiger partial charge in [-0.15, -0.1) is 0 Å². The van der Waals surface area contributed by atoms with Crippen LogP contribution in [-0.4, -0.2) is 53.1 Å². The molecule has 0 bridgehead atoms. The molecule has 0 fully saturated rings. The Balaban J connectivity index is 2.24. The normalized spacial score (nSPS) is 10.6. The molecule has 0 spiro atoms. The number of likely N-dealkylation sites (N-methyl/N-ethyl adjacent to an activating group) is 1. The number of benzene rings is 1. The maximum Gasteiger partial charge on any atom is 0.342 e. The molecule has 0 saturated heterocycles. The molecule has 1 heterocycles. The van der Waals surface area contributed by atoms with Crippen molar-refractivity contribution >= 4 is 11.9 Å². The van der Waals surface area contributed by atoms with Crippen molar-refractivity contribution in [3.63, 3.8) is 0 Å². The van der Waals surface area contributed by atoms with Crippen molar-refractivity contribution in [2.45, 2.75) is 6.92 Å². The summed E-state index contributed by atoms with van der Waals surface area (Å²) in [6.07, 6.45) is 1.25. The molecule has 0 aliphatic carbocycles. The van der Waals surface area contributed by atoms with Crippen LogP contribution in [0.15, 0.2) is 30.5 Å². The number of nitrogens with one attached hydrogen (secondary N) is 1. The van der Waals surface area contributed by atoms with Gasteiger partial charge in [-0.05, 0) is 32.6 Å². The smallest absolute Gasteiger partial charge is 0.342 e. The van der Waals surface area contributed by atoms with Gasteiger partial charge < -0.3 is 20.1 Å². The molecule has 2 aromatic rings. The molecule has 7 heteroatoms. The molecule has 2 rings (SSSR count). The highest BCUT2D eigenvalue weighted by molar-refractivity contribution is 5.90. The van der Waals surface area contributed by atoms with Crippen LogP contribution in [0.3, 0.4) is 0 Å². The van der Waals surface area contributed by atoms with Gasteiger partial charge in [-0.1, -0.05) is 18.2 Å². The van der Waals surface area contributed by atoms with E-state index in [0.29, 0.717) is 18.2 Å². The lowest BCUT2D eigenvalue weighted by molar-refractivity contribution is 0.0693.